The second kappa shape index (κ2) is 5.97. The van der Waals surface area contributed by atoms with Gasteiger partial charge in [-0.15, -0.1) is 11.3 Å². The van der Waals surface area contributed by atoms with Crippen molar-refractivity contribution < 1.29 is 0 Å². The Morgan fingerprint density at radius 1 is 1.24 bits per heavy atom. The van der Waals surface area contributed by atoms with Crippen LogP contribution >= 0.6 is 11.3 Å². The van der Waals surface area contributed by atoms with Crippen LogP contribution in [0.5, 0.6) is 0 Å². The predicted octanol–water partition coefficient (Wildman–Crippen LogP) is 2.63. The molecule has 0 aliphatic carbocycles. The highest BCUT2D eigenvalue weighted by Crippen LogP contribution is 2.15. The third kappa shape index (κ3) is 3.32. The summed E-state index contributed by atoms with van der Waals surface area (Å²) < 4.78 is 2.06. The number of imidazole rings is 1. The third-order valence-corrected chi connectivity index (χ3v) is 4.37. The van der Waals surface area contributed by atoms with Gasteiger partial charge in [0.15, 0.2) is 4.96 Å². The van der Waals surface area contributed by atoms with Gasteiger partial charge in [0.05, 0.1) is 5.69 Å². The first-order chi connectivity index (χ1) is 10.1. The molecule has 0 spiro atoms. The molecule has 0 aliphatic heterocycles. The molecule has 0 saturated carbocycles. The SMILES string of the molecule is Cc1cc(C)cc(CC(Cc2cn3ccsc3n2)NN)c1. The van der Waals surface area contributed by atoms with E-state index in [-0.39, 0.29) is 6.04 Å². The highest BCUT2D eigenvalue weighted by Gasteiger charge is 2.12. The van der Waals surface area contributed by atoms with Crippen molar-refractivity contribution in [3.8, 4) is 0 Å². The molecule has 1 aromatic carbocycles. The molecule has 3 aromatic rings. The van der Waals surface area contributed by atoms with Gasteiger partial charge in [-0.05, 0) is 25.8 Å². The molecule has 0 saturated heterocycles. The van der Waals surface area contributed by atoms with Crippen LogP contribution in [0.1, 0.15) is 22.4 Å². The zero-order chi connectivity index (χ0) is 14.8. The number of aryl methyl sites for hydroxylation is 2. The largest absolute Gasteiger partial charge is 0.297 e. The van der Waals surface area contributed by atoms with Crippen molar-refractivity contribution >= 4 is 16.3 Å². The van der Waals surface area contributed by atoms with Gasteiger partial charge in [0.25, 0.3) is 0 Å². The number of aromatic nitrogens is 2. The lowest BCUT2D eigenvalue weighted by Gasteiger charge is -2.15. The zero-order valence-corrected chi connectivity index (χ0v) is 13.2. The fourth-order valence-electron chi connectivity index (χ4n) is 2.79. The number of rotatable bonds is 5. The maximum Gasteiger partial charge on any atom is 0.193 e. The quantitative estimate of drug-likeness (QED) is 0.562. The number of fused-ring (bicyclic) bond motifs is 1. The third-order valence-electron chi connectivity index (χ3n) is 3.60. The first kappa shape index (κ1) is 14.3. The Bertz CT molecular complexity index is 695. The van der Waals surface area contributed by atoms with Gasteiger partial charge in [-0.25, -0.2) is 4.98 Å². The lowest BCUT2D eigenvalue weighted by Crippen LogP contribution is -2.38. The number of hydrogen-bond donors (Lipinski definition) is 2. The maximum atomic E-state index is 5.73. The second-order valence-electron chi connectivity index (χ2n) is 5.59. The predicted molar refractivity (Wildman–Crippen MR) is 87.5 cm³/mol. The van der Waals surface area contributed by atoms with Crippen LogP contribution in [0.2, 0.25) is 0 Å². The molecule has 2 aromatic heterocycles. The Hall–Kier alpha value is -1.69. The number of benzene rings is 1. The van der Waals surface area contributed by atoms with E-state index in [0.29, 0.717) is 0 Å². The summed E-state index contributed by atoms with van der Waals surface area (Å²) in [6.45, 7) is 4.26. The van der Waals surface area contributed by atoms with Crippen molar-refractivity contribution in [3.63, 3.8) is 0 Å². The van der Waals surface area contributed by atoms with E-state index in [2.05, 4.69) is 53.1 Å². The fourth-order valence-corrected chi connectivity index (χ4v) is 3.51. The van der Waals surface area contributed by atoms with Crippen molar-refractivity contribution in [3.05, 3.63) is 58.4 Å². The minimum atomic E-state index is 0.191. The smallest absolute Gasteiger partial charge is 0.193 e. The van der Waals surface area contributed by atoms with Crippen LogP contribution in [0.3, 0.4) is 0 Å². The lowest BCUT2D eigenvalue weighted by molar-refractivity contribution is 0.518. The van der Waals surface area contributed by atoms with Crippen molar-refractivity contribution in [2.45, 2.75) is 32.7 Å². The molecule has 21 heavy (non-hydrogen) atoms. The van der Waals surface area contributed by atoms with Crippen molar-refractivity contribution in [2.24, 2.45) is 5.84 Å². The summed E-state index contributed by atoms with van der Waals surface area (Å²) in [5.41, 5.74) is 7.91. The standard InChI is InChI=1S/C16H20N4S/c1-11-5-12(2)7-13(6-11)8-14(19-17)9-15-10-20-3-4-21-16(20)18-15/h3-7,10,14,19H,8-9,17H2,1-2H3. The molecule has 5 heteroatoms. The highest BCUT2D eigenvalue weighted by molar-refractivity contribution is 7.15. The van der Waals surface area contributed by atoms with Crippen molar-refractivity contribution in [2.75, 3.05) is 0 Å². The molecule has 0 aliphatic rings. The molecule has 0 fully saturated rings. The van der Waals surface area contributed by atoms with Crippen LogP contribution in [0.25, 0.3) is 4.96 Å². The molecule has 110 valence electrons. The molecule has 0 bridgehead atoms. The maximum absolute atomic E-state index is 5.73. The summed E-state index contributed by atoms with van der Waals surface area (Å²) in [5.74, 6) is 5.73. The molecule has 1 unspecified atom stereocenters. The van der Waals surface area contributed by atoms with Gasteiger partial charge in [0.1, 0.15) is 0 Å². The van der Waals surface area contributed by atoms with Gasteiger partial charge in [0.2, 0.25) is 0 Å². The number of nitrogens with two attached hydrogens (primary N) is 1. The molecule has 2 heterocycles. The minimum Gasteiger partial charge on any atom is -0.297 e. The van der Waals surface area contributed by atoms with Crippen LogP contribution in [0, 0.1) is 13.8 Å². The normalized spacial score (nSPS) is 12.9. The Morgan fingerprint density at radius 2 is 2.00 bits per heavy atom. The summed E-state index contributed by atoms with van der Waals surface area (Å²) in [7, 11) is 0. The van der Waals surface area contributed by atoms with Gasteiger partial charge in [-0.2, -0.15) is 0 Å². The van der Waals surface area contributed by atoms with Gasteiger partial charge in [0, 0.05) is 30.2 Å². The van der Waals surface area contributed by atoms with E-state index in [1.54, 1.807) is 11.3 Å². The van der Waals surface area contributed by atoms with Gasteiger partial charge in [-0.3, -0.25) is 15.7 Å². The molecule has 4 nitrogen and oxygen atoms in total. The van der Waals surface area contributed by atoms with E-state index >= 15 is 0 Å². The molecule has 0 amide bonds. The number of hydrogen-bond acceptors (Lipinski definition) is 4. The summed E-state index contributed by atoms with van der Waals surface area (Å²) in [6.07, 6.45) is 5.85. The molecular weight excluding hydrogens is 280 g/mol. The van der Waals surface area contributed by atoms with Crippen LogP contribution in [0.15, 0.2) is 36.0 Å². The van der Waals surface area contributed by atoms with E-state index in [0.717, 1.165) is 23.5 Å². The molecular formula is C16H20N4S. The second-order valence-corrected chi connectivity index (χ2v) is 6.47. The summed E-state index contributed by atoms with van der Waals surface area (Å²) in [5, 5.41) is 2.04. The topological polar surface area (TPSA) is 55.3 Å². The van der Waals surface area contributed by atoms with Crippen LogP contribution in [0.4, 0.5) is 0 Å². The van der Waals surface area contributed by atoms with Crippen molar-refractivity contribution in [1.29, 1.82) is 0 Å². The Labute approximate surface area is 128 Å². The zero-order valence-electron chi connectivity index (χ0n) is 12.3. The Kier molecular flexibility index (Phi) is 4.05. The van der Waals surface area contributed by atoms with E-state index in [1.165, 1.54) is 16.7 Å². The Balaban J connectivity index is 1.74. The molecule has 3 N–H and O–H groups in total. The summed E-state index contributed by atoms with van der Waals surface area (Å²) >= 11 is 1.65. The lowest BCUT2D eigenvalue weighted by atomic mass is 9.99. The fraction of sp³-hybridized carbons (Fsp3) is 0.312. The van der Waals surface area contributed by atoms with Gasteiger partial charge in [-0.1, -0.05) is 29.3 Å². The highest BCUT2D eigenvalue weighted by atomic mass is 32.1. The van der Waals surface area contributed by atoms with E-state index in [1.807, 2.05) is 11.6 Å². The van der Waals surface area contributed by atoms with Crippen LogP contribution < -0.4 is 11.3 Å². The van der Waals surface area contributed by atoms with Crippen LogP contribution in [-0.4, -0.2) is 15.4 Å². The molecule has 0 radical (unpaired) electrons. The van der Waals surface area contributed by atoms with Gasteiger partial charge >= 0.3 is 0 Å². The molecule has 1 atom stereocenters. The first-order valence-electron chi connectivity index (χ1n) is 7.08. The monoisotopic (exact) mass is 300 g/mol. The van der Waals surface area contributed by atoms with Crippen LogP contribution in [-0.2, 0) is 12.8 Å². The van der Waals surface area contributed by atoms with Crippen molar-refractivity contribution in [1.82, 2.24) is 14.8 Å². The van der Waals surface area contributed by atoms with E-state index < -0.39 is 0 Å². The number of nitrogens with one attached hydrogen (secondary N) is 1. The average molecular weight is 300 g/mol. The summed E-state index contributed by atoms with van der Waals surface area (Å²) in [4.78, 5) is 5.66. The number of hydrazine groups is 1. The van der Waals surface area contributed by atoms with E-state index in [4.69, 9.17) is 5.84 Å². The molecule has 3 rings (SSSR count). The summed E-state index contributed by atoms with van der Waals surface area (Å²) in [6, 6.07) is 6.83. The minimum absolute atomic E-state index is 0.191. The average Bonchev–Trinajstić information content (AvgIpc) is 2.97. The Morgan fingerprint density at radius 3 is 2.67 bits per heavy atom. The number of nitrogens with zero attached hydrogens (tertiary/aromatic N) is 2. The van der Waals surface area contributed by atoms with E-state index in [9.17, 15) is 0 Å². The first-order valence-corrected chi connectivity index (χ1v) is 7.96. The number of thiazole rings is 1. The van der Waals surface area contributed by atoms with Gasteiger partial charge < -0.3 is 0 Å².